The molecule has 0 saturated heterocycles. The Morgan fingerprint density at radius 3 is 2.73 bits per heavy atom. The maximum Gasteiger partial charge on any atom is 0.244 e. The van der Waals surface area contributed by atoms with Gasteiger partial charge in [0, 0.05) is 5.56 Å². The number of ether oxygens (including phenoxy) is 3. The van der Waals surface area contributed by atoms with Crippen LogP contribution >= 0.6 is 0 Å². The minimum Gasteiger partial charge on any atom is -0.493 e. The molecule has 0 radical (unpaired) electrons. The summed E-state index contributed by atoms with van der Waals surface area (Å²) >= 11 is 0. The number of aromatic nitrogens is 2. The highest BCUT2D eigenvalue weighted by Gasteiger charge is 2.36. The highest BCUT2D eigenvalue weighted by molar-refractivity contribution is 5.88. The van der Waals surface area contributed by atoms with Gasteiger partial charge >= 0.3 is 0 Å². The van der Waals surface area contributed by atoms with Crippen LogP contribution in [0, 0.1) is 11.3 Å². The lowest BCUT2D eigenvalue weighted by Gasteiger charge is -2.25. The minimum atomic E-state index is -0.448. The largest absolute Gasteiger partial charge is 0.493 e. The SMILES string of the molecule is CCOc1ccc(-c2[nH]nc3c2[C@H](c2cccc4ccccc24)C(C#N)=C(N)O3)cc1OC. The maximum absolute atomic E-state index is 10.0. The van der Waals surface area contributed by atoms with Crippen LogP contribution < -0.4 is 19.9 Å². The molecule has 1 aromatic heterocycles. The summed E-state index contributed by atoms with van der Waals surface area (Å²) in [5, 5.41) is 19.6. The van der Waals surface area contributed by atoms with E-state index in [9.17, 15) is 5.26 Å². The fourth-order valence-electron chi connectivity index (χ4n) is 4.38. The molecule has 33 heavy (non-hydrogen) atoms. The van der Waals surface area contributed by atoms with Crippen molar-refractivity contribution in [2.75, 3.05) is 13.7 Å². The molecular weight excluding hydrogens is 416 g/mol. The van der Waals surface area contributed by atoms with Crippen LogP contribution in [0.2, 0.25) is 0 Å². The standard InChI is InChI=1S/C26H22N4O3/c1-3-32-20-12-11-16(13-21(20)31-2)24-23-22(19(14-27)25(28)33-26(23)30-29-24)18-10-6-8-15-7-4-5-9-17(15)18/h4-13,22H,3,28H2,1-2H3,(H,29,30)/t22-/m1/s1. The van der Waals surface area contributed by atoms with Crippen LogP contribution in [-0.2, 0) is 0 Å². The highest BCUT2D eigenvalue weighted by Crippen LogP contribution is 2.47. The van der Waals surface area contributed by atoms with Gasteiger partial charge in [0.1, 0.15) is 11.6 Å². The van der Waals surface area contributed by atoms with Crippen molar-refractivity contribution >= 4 is 10.8 Å². The van der Waals surface area contributed by atoms with E-state index in [0.29, 0.717) is 29.6 Å². The van der Waals surface area contributed by atoms with Gasteiger partial charge in [0.2, 0.25) is 11.8 Å². The second kappa shape index (κ2) is 8.24. The Kier molecular flexibility index (Phi) is 5.11. The number of benzene rings is 3. The molecule has 3 N–H and O–H groups in total. The molecule has 0 aliphatic carbocycles. The quantitative estimate of drug-likeness (QED) is 0.461. The van der Waals surface area contributed by atoms with Crippen LogP contribution in [0.1, 0.15) is 24.0 Å². The van der Waals surface area contributed by atoms with Crippen LogP contribution in [0.4, 0.5) is 0 Å². The van der Waals surface area contributed by atoms with E-state index in [4.69, 9.17) is 19.9 Å². The summed E-state index contributed by atoms with van der Waals surface area (Å²) in [6, 6.07) is 22.1. The lowest BCUT2D eigenvalue weighted by atomic mass is 9.81. The summed E-state index contributed by atoms with van der Waals surface area (Å²) in [4.78, 5) is 0. The Bertz CT molecular complexity index is 1430. The summed E-state index contributed by atoms with van der Waals surface area (Å²) < 4.78 is 17.0. The van der Waals surface area contributed by atoms with Gasteiger partial charge in [-0.25, -0.2) is 0 Å². The van der Waals surface area contributed by atoms with E-state index < -0.39 is 5.92 Å². The molecule has 7 heteroatoms. The predicted octanol–water partition coefficient (Wildman–Crippen LogP) is 4.86. The van der Waals surface area contributed by atoms with Crippen LogP contribution in [0.25, 0.3) is 22.0 Å². The lowest BCUT2D eigenvalue weighted by Crippen LogP contribution is -2.21. The number of nitriles is 1. The molecule has 0 bridgehead atoms. The van der Waals surface area contributed by atoms with E-state index in [1.807, 2.05) is 67.6 Å². The average Bonchev–Trinajstić information content (AvgIpc) is 3.26. The van der Waals surface area contributed by atoms with Gasteiger partial charge in [-0.2, -0.15) is 5.26 Å². The van der Waals surface area contributed by atoms with Crippen LogP contribution in [0.5, 0.6) is 17.4 Å². The Hall–Kier alpha value is -4.44. The number of H-pyrrole nitrogens is 1. The molecule has 1 aliphatic rings. The van der Waals surface area contributed by atoms with Gasteiger partial charge in [0.05, 0.1) is 30.9 Å². The van der Waals surface area contributed by atoms with Crippen molar-refractivity contribution in [3.8, 4) is 34.7 Å². The molecule has 0 fully saturated rings. The summed E-state index contributed by atoms with van der Waals surface area (Å²) in [6.07, 6.45) is 0. The molecule has 5 rings (SSSR count). The van der Waals surface area contributed by atoms with E-state index in [0.717, 1.165) is 33.2 Å². The second-order valence-corrected chi connectivity index (χ2v) is 7.61. The third-order valence-electron chi connectivity index (χ3n) is 5.83. The molecule has 2 heterocycles. The summed E-state index contributed by atoms with van der Waals surface area (Å²) in [6.45, 7) is 2.45. The van der Waals surface area contributed by atoms with E-state index in [1.54, 1.807) is 7.11 Å². The van der Waals surface area contributed by atoms with Crippen molar-refractivity contribution in [3.05, 3.63) is 83.2 Å². The van der Waals surface area contributed by atoms with E-state index >= 15 is 0 Å². The van der Waals surface area contributed by atoms with Crippen molar-refractivity contribution < 1.29 is 14.2 Å². The number of hydrogen-bond donors (Lipinski definition) is 2. The first-order valence-corrected chi connectivity index (χ1v) is 10.6. The highest BCUT2D eigenvalue weighted by atomic mass is 16.5. The number of methoxy groups -OCH3 is 1. The van der Waals surface area contributed by atoms with E-state index in [1.165, 1.54) is 0 Å². The van der Waals surface area contributed by atoms with Crippen molar-refractivity contribution in [2.45, 2.75) is 12.8 Å². The number of rotatable bonds is 5. The van der Waals surface area contributed by atoms with Gasteiger partial charge in [0.15, 0.2) is 11.5 Å². The Morgan fingerprint density at radius 1 is 1.12 bits per heavy atom. The average molecular weight is 438 g/mol. The zero-order valence-electron chi connectivity index (χ0n) is 18.3. The smallest absolute Gasteiger partial charge is 0.244 e. The predicted molar refractivity (Wildman–Crippen MR) is 125 cm³/mol. The Labute approximate surface area is 191 Å². The molecule has 4 aromatic rings. The van der Waals surface area contributed by atoms with Crippen molar-refractivity contribution in [2.24, 2.45) is 5.73 Å². The first-order valence-electron chi connectivity index (χ1n) is 10.6. The number of fused-ring (bicyclic) bond motifs is 2. The first-order chi connectivity index (χ1) is 16.2. The zero-order valence-corrected chi connectivity index (χ0v) is 18.3. The number of nitrogens with two attached hydrogens (primary N) is 1. The van der Waals surface area contributed by atoms with Crippen LogP contribution in [-0.4, -0.2) is 23.9 Å². The molecule has 0 saturated carbocycles. The number of hydrogen-bond acceptors (Lipinski definition) is 6. The molecule has 164 valence electrons. The van der Waals surface area contributed by atoms with Crippen LogP contribution in [0.3, 0.4) is 0 Å². The lowest BCUT2D eigenvalue weighted by molar-refractivity contribution is 0.311. The molecule has 7 nitrogen and oxygen atoms in total. The summed E-state index contributed by atoms with van der Waals surface area (Å²) in [5.41, 5.74) is 9.78. The third-order valence-corrected chi connectivity index (χ3v) is 5.83. The van der Waals surface area contributed by atoms with Gasteiger partial charge < -0.3 is 19.9 Å². The third kappa shape index (κ3) is 3.33. The summed E-state index contributed by atoms with van der Waals surface area (Å²) in [5.74, 6) is 1.22. The zero-order chi connectivity index (χ0) is 22.9. The van der Waals surface area contributed by atoms with Gasteiger partial charge in [-0.1, -0.05) is 42.5 Å². The fourth-order valence-corrected chi connectivity index (χ4v) is 4.38. The van der Waals surface area contributed by atoms with Crippen molar-refractivity contribution in [1.29, 1.82) is 5.26 Å². The number of aromatic amines is 1. The maximum atomic E-state index is 10.0. The number of nitrogens with zero attached hydrogens (tertiary/aromatic N) is 2. The van der Waals surface area contributed by atoms with Gasteiger partial charge in [0.25, 0.3) is 0 Å². The molecule has 0 amide bonds. The van der Waals surface area contributed by atoms with Crippen molar-refractivity contribution in [1.82, 2.24) is 10.2 Å². The molecule has 1 atom stereocenters. The van der Waals surface area contributed by atoms with Gasteiger partial charge in [-0.15, -0.1) is 5.10 Å². The number of allylic oxidation sites excluding steroid dienone is 1. The second-order valence-electron chi connectivity index (χ2n) is 7.61. The minimum absolute atomic E-state index is 0.0604. The van der Waals surface area contributed by atoms with E-state index in [-0.39, 0.29) is 5.88 Å². The van der Waals surface area contributed by atoms with Crippen LogP contribution in [0.15, 0.2) is 72.1 Å². The van der Waals surface area contributed by atoms with Crippen molar-refractivity contribution in [3.63, 3.8) is 0 Å². The molecule has 0 unspecified atom stereocenters. The van der Waals surface area contributed by atoms with Gasteiger partial charge in [-0.3, -0.25) is 5.10 Å². The molecule has 1 aliphatic heterocycles. The van der Waals surface area contributed by atoms with Gasteiger partial charge in [-0.05, 0) is 41.5 Å². The molecule has 3 aromatic carbocycles. The normalized spacial score (nSPS) is 15.0. The number of nitrogens with one attached hydrogen (secondary N) is 1. The first kappa shape index (κ1) is 20.5. The fraction of sp³-hybridized carbons (Fsp3) is 0.154. The molecule has 0 spiro atoms. The monoisotopic (exact) mass is 438 g/mol. The van der Waals surface area contributed by atoms with E-state index in [2.05, 4.69) is 16.3 Å². The Morgan fingerprint density at radius 2 is 1.94 bits per heavy atom. The topological polar surface area (TPSA) is 106 Å². The Balaban J connectivity index is 1.74. The summed E-state index contributed by atoms with van der Waals surface area (Å²) in [7, 11) is 1.60. The molecular formula is C26H22N4O3.